The van der Waals surface area contributed by atoms with Crippen LogP contribution in [-0.4, -0.2) is 12.8 Å². The van der Waals surface area contributed by atoms with Gasteiger partial charge >= 0.3 is 6.18 Å². The third-order valence-corrected chi connectivity index (χ3v) is 1.42. The molecule has 0 spiro atoms. The van der Waals surface area contributed by atoms with E-state index in [4.69, 9.17) is 5.84 Å². The molecular weight excluding hydrogens is 197 g/mol. The maximum absolute atomic E-state index is 11.7. The Kier molecular flexibility index (Phi) is 3.19. The molecule has 78 valence electrons. The quantitative estimate of drug-likeness (QED) is 0.586. The van der Waals surface area contributed by atoms with Gasteiger partial charge in [-0.25, -0.2) is 0 Å². The van der Waals surface area contributed by atoms with Crippen molar-refractivity contribution in [3.8, 4) is 5.75 Å². The largest absolute Gasteiger partial charge is 0.484 e. The van der Waals surface area contributed by atoms with Gasteiger partial charge in [-0.15, -0.1) is 0 Å². The third kappa shape index (κ3) is 3.53. The van der Waals surface area contributed by atoms with Crippen LogP contribution in [0.1, 0.15) is 0 Å². The summed E-state index contributed by atoms with van der Waals surface area (Å²) < 4.78 is 39.7. The first-order valence-corrected chi connectivity index (χ1v) is 3.77. The second-order valence-electron chi connectivity index (χ2n) is 2.57. The fraction of sp³-hybridized carbons (Fsp3) is 0.250. The van der Waals surface area contributed by atoms with Crippen LogP contribution >= 0.6 is 0 Å². The summed E-state index contributed by atoms with van der Waals surface area (Å²) in [4.78, 5) is 0. The second-order valence-corrected chi connectivity index (χ2v) is 2.57. The standard InChI is InChI=1S/C8H9F3N2O/c9-8(10,11)5-14-7-3-1-6(13-12)2-4-7/h1-4,13H,5,12H2. The number of alkyl halides is 3. The lowest BCUT2D eigenvalue weighted by Crippen LogP contribution is -2.19. The number of rotatable bonds is 3. The smallest absolute Gasteiger partial charge is 0.422 e. The normalized spacial score (nSPS) is 11.1. The fourth-order valence-corrected chi connectivity index (χ4v) is 0.813. The summed E-state index contributed by atoms with van der Waals surface area (Å²) in [5.74, 6) is 5.23. The highest BCUT2D eigenvalue weighted by atomic mass is 19.4. The fourth-order valence-electron chi connectivity index (χ4n) is 0.813. The van der Waals surface area contributed by atoms with Crippen molar-refractivity contribution in [1.82, 2.24) is 0 Å². The van der Waals surface area contributed by atoms with Gasteiger partial charge in [-0.1, -0.05) is 0 Å². The Morgan fingerprint density at radius 2 is 1.79 bits per heavy atom. The number of anilines is 1. The first-order valence-electron chi connectivity index (χ1n) is 3.77. The highest BCUT2D eigenvalue weighted by molar-refractivity contribution is 5.45. The van der Waals surface area contributed by atoms with Crippen molar-refractivity contribution >= 4 is 5.69 Å². The zero-order valence-corrected chi connectivity index (χ0v) is 7.14. The number of nitrogens with two attached hydrogens (primary N) is 1. The SMILES string of the molecule is NNc1ccc(OCC(F)(F)F)cc1. The van der Waals surface area contributed by atoms with Gasteiger partial charge in [0.2, 0.25) is 0 Å². The highest BCUT2D eigenvalue weighted by Crippen LogP contribution is 2.19. The van der Waals surface area contributed by atoms with E-state index in [2.05, 4.69) is 10.2 Å². The molecule has 6 heteroatoms. The molecule has 3 nitrogen and oxygen atoms in total. The predicted molar refractivity (Wildman–Crippen MR) is 45.8 cm³/mol. The molecule has 14 heavy (non-hydrogen) atoms. The van der Waals surface area contributed by atoms with E-state index in [1.807, 2.05) is 0 Å². The molecule has 0 bridgehead atoms. The minimum absolute atomic E-state index is 0.154. The summed E-state index contributed by atoms with van der Waals surface area (Å²) in [6, 6.07) is 5.85. The van der Waals surface area contributed by atoms with E-state index in [0.717, 1.165) is 0 Å². The Bertz CT molecular complexity index is 284. The molecule has 0 fully saturated rings. The number of hydrogen-bond donors (Lipinski definition) is 2. The van der Waals surface area contributed by atoms with E-state index in [1.165, 1.54) is 24.3 Å². The van der Waals surface area contributed by atoms with Gasteiger partial charge in [-0.3, -0.25) is 5.84 Å². The van der Waals surface area contributed by atoms with Gasteiger partial charge in [-0.2, -0.15) is 13.2 Å². The molecule has 1 rings (SSSR count). The third-order valence-electron chi connectivity index (χ3n) is 1.42. The Labute approximate surface area is 78.6 Å². The van der Waals surface area contributed by atoms with Crippen LogP contribution in [0.3, 0.4) is 0 Å². The molecule has 3 N–H and O–H groups in total. The maximum atomic E-state index is 11.7. The molecular formula is C8H9F3N2O. The van der Waals surface area contributed by atoms with Crippen molar-refractivity contribution in [1.29, 1.82) is 0 Å². The van der Waals surface area contributed by atoms with Gasteiger partial charge in [0.15, 0.2) is 6.61 Å². The molecule has 0 radical (unpaired) electrons. The molecule has 0 saturated heterocycles. The monoisotopic (exact) mass is 206 g/mol. The van der Waals surface area contributed by atoms with Gasteiger partial charge in [0.05, 0.1) is 0 Å². The summed E-state index contributed by atoms with van der Waals surface area (Å²) in [5.41, 5.74) is 2.95. The van der Waals surface area contributed by atoms with Gasteiger partial charge < -0.3 is 10.2 Å². The molecule has 0 unspecified atom stereocenters. The summed E-state index contributed by atoms with van der Waals surface area (Å²) >= 11 is 0. The summed E-state index contributed by atoms with van der Waals surface area (Å²) in [7, 11) is 0. The minimum atomic E-state index is -4.31. The summed E-state index contributed by atoms with van der Waals surface area (Å²) in [6.45, 7) is -1.29. The van der Waals surface area contributed by atoms with Crippen LogP contribution in [0.5, 0.6) is 5.75 Å². The number of nitrogen functional groups attached to an aromatic ring is 1. The van der Waals surface area contributed by atoms with Gasteiger partial charge in [0.1, 0.15) is 5.75 Å². The zero-order chi connectivity index (χ0) is 10.6. The molecule has 1 aromatic carbocycles. The van der Waals surface area contributed by atoms with E-state index in [-0.39, 0.29) is 5.75 Å². The van der Waals surface area contributed by atoms with E-state index in [0.29, 0.717) is 5.69 Å². The lowest BCUT2D eigenvalue weighted by molar-refractivity contribution is -0.153. The first kappa shape index (κ1) is 10.6. The molecule has 1 aromatic rings. The van der Waals surface area contributed by atoms with Gasteiger partial charge in [0.25, 0.3) is 0 Å². The van der Waals surface area contributed by atoms with Crippen molar-refractivity contribution in [3.63, 3.8) is 0 Å². The molecule has 0 heterocycles. The van der Waals surface area contributed by atoms with E-state index in [9.17, 15) is 13.2 Å². The van der Waals surface area contributed by atoms with Crippen molar-refractivity contribution in [3.05, 3.63) is 24.3 Å². The Hall–Kier alpha value is -1.43. The Balaban J connectivity index is 2.52. The minimum Gasteiger partial charge on any atom is -0.484 e. The summed E-state index contributed by atoms with van der Waals surface area (Å²) in [6.07, 6.45) is -4.31. The van der Waals surface area contributed by atoms with Crippen LogP contribution in [0.4, 0.5) is 18.9 Å². The van der Waals surface area contributed by atoms with Crippen LogP contribution in [0.2, 0.25) is 0 Å². The second kappa shape index (κ2) is 4.19. The number of nitrogens with one attached hydrogen (secondary N) is 1. The number of benzene rings is 1. The average Bonchev–Trinajstić information content (AvgIpc) is 2.14. The van der Waals surface area contributed by atoms with Crippen LogP contribution in [0.25, 0.3) is 0 Å². The molecule has 0 aliphatic carbocycles. The lowest BCUT2D eigenvalue weighted by Gasteiger charge is -2.09. The van der Waals surface area contributed by atoms with E-state index < -0.39 is 12.8 Å². The van der Waals surface area contributed by atoms with E-state index in [1.54, 1.807) is 0 Å². The molecule has 0 aliphatic heterocycles. The molecule has 0 saturated carbocycles. The average molecular weight is 206 g/mol. The molecule has 0 amide bonds. The summed E-state index contributed by atoms with van der Waals surface area (Å²) in [5, 5.41) is 0. The highest BCUT2D eigenvalue weighted by Gasteiger charge is 2.28. The van der Waals surface area contributed by atoms with Crippen molar-refractivity contribution in [2.75, 3.05) is 12.0 Å². The van der Waals surface area contributed by atoms with Gasteiger partial charge in [0, 0.05) is 5.69 Å². The van der Waals surface area contributed by atoms with Crippen molar-refractivity contribution in [2.24, 2.45) is 5.84 Å². The zero-order valence-electron chi connectivity index (χ0n) is 7.14. The topological polar surface area (TPSA) is 47.3 Å². The molecule has 0 aromatic heterocycles. The van der Waals surface area contributed by atoms with Crippen LogP contribution < -0.4 is 16.0 Å². The van der Waals surface area contributed by atoms with Crippen molar-refractivity contribution in [2.45, 2.75) is 6.18 Å². The first-order chi connectivity index (χ1) is 6.51. The lowest BCUT2D eigenvalue weighted by atomic mass is 10.3. The number of hydrazine groups is 1. The van der Waals surface area contributed by atoms with Crippen LogP contribution in [-0.2, 0) is 0 Å². The molecule has 0 atom stereocenters. The van der Waals surface area contributed by atoms with Crippen LogP contribution in [0, 0.1) is 0 Å². The van der Waals surface area contributed by atoms with E-state index >= 15 is 0 Å². The predicted octanol–water partition coefficient (Wildman–Crippen LogP) is 1.91. The van der Waals surface area contributed by atoms with Crippen molar-refractivity contribution < 1.29 is 17.9 Å². The number of halogens is 3. The molecule has 0 aliphatic rings. The Morgan fingerprint density at radius 3 is 2.21 bits per heavy atom. The number of ether oxygens (including phenoxy) is 1. The van der Waals surface area contributed by atoms with Gasteiger partial charge in [-0.05, 0) is 24.3 Å². The number of hydrogen-bond acceptors (Lipinski definition) is 3. The Morgan fingerprint density at radius 1 is 1.21 bits per heavy atom. The van der Waals surface area contributed by atoms with Crippen LogP contribution in [0.15, 0.2) is 24.3 Å². The maximum Gasteiger partial charge on any atom is 0.422 e.